The molecule has 0 aliphatic heterocycles. The third-order valence-electron chi connectivity index (χ3n) is 2.08. The van der Waals surface area contributed by atoms with Crippen molar-refractivity contribution in [3.8, 4) is 0 Å². The predicted octanol–water partition coefficient (Wildman–Crippen LogP) is 3.07. The number of nitrogens with zero attached hydrogens (tertiary/aromatic N) is 2. The zero-order valence-electron chi connectivity index (χ0n) is 8.63. The molecule has 4 heteroatoms. The van der Waals surface area contributed by atoms with Crippen LogP contribution in [0.5, 0.6) is 0 Å². The van der Waals surface area contributed by atoms with Crippen LogP contribution < -0.4 is 5.32 Å². The van der Waals surface area contributed by atoms with Crippen molar-refractivity contribution < 1.29 is 0 Å². The highest BCUT2D eigenvalue weighted by Gasteiger charge is 2.05. The summed E-state index contributed by atoms with van der Waals surface area (Å²) in [6, 6.07) is 0.500. The van der Waals surface area contributed by atoms with Crippen molar-refractivity contribution >= 4 is 28.5 Å². The molecule has 1 rings (SSSR count). The number of hydrogen-bond donors (Lipinski definition) is 1. The fourth-order valence-corrected chi connectivity index (χ4v) is 1.57. The zero-order chi connectivity index (χ0) is 10.4. The minimum absolute atomic E-state index is 0.500. The highest BCUT2D eigenvalue weighted by molar-refractivity contribution is 14.1. The number of nitrogens with one attached hydrogen (secondary N) is 1. The van der Waals surface area contributed by atoms with E-state index in [1.165, 1.54) is 12.8 Å². The van der Waals surface area contributed by atoms with E-state index in [2.05, 4.69) is 51.7 Å². The second kappa shape index (κ2) is 6.16. The first-order valence-corrected chi connectivity index (χ1v) is 6.08. The van der Waals surface area contributed by atoms with E-state index >= 15 is 0 Å². The minimum atomic E-state index is 0.500. The molecule has 0 aliphatic rings. The first-order valence-electron chi connectivity index (χ1n) is 5.00. The lowest BCUT2D eigenvalue weighted by molar-refractivity contribution is 0.617. The first-order chi connectivity index (χ1) is 6.76. The summed E-state index contributed by atoms with van der Waals surface area (Å²) in [7, 11) is 0. The minimum Gasteiger partial charge on any atom is -0.352 e. The van der Waals surface area contributed by atoms with Crippen molar-refractivity contribution in [2.24, 2.45) is 0 Å². The Morgan fingerprint density at radius 2 is 2.00 bits per heavy atom. The molecular formula is C10H16IN3. The van der Waals surface area contributed by atoms with Crippen molar-refractivity contribution in [2.75, 3.05) is 5.32 Å². The zero-order valence-corrected chi connectivity index (χ0v) is 10.8. The average Bonchev–Trinajstić information content (AvgIpc) is 2.20. The molecule has 0 saturated carbocycles. The van der Waals surface area contributed by atoms with Gasteiger partial charge in [0.2, 0.25) is 5.95 Å². The molecule has 1 unspecified atom stereocenters. The van der Waals surface area contributed by atoms with Gasteiger partial charge in [-0.15, -0.1) is 0 Å². The van der Waals surface area contributed by atoms with E-state index in [1.807, 2.05) is 12.4 Å². The Bertz CT molecular complexity index is 261. The van der Waals surface area contributed by atoms with Gasteiger partial charge in [0.15, 0.2) is 0 Å². The maximum absolute atomic E-state index is 4.22. The summed E-state index contributed by atoms with van der Waals surface area (Å²) in [5.41, 5.74) is 0. The third kappa shape index (κ3) is 3.77. The molecule has 1 aromatic rings. The Morgan fingerprint density at radius 1 is 1.36 bits per heavy atom. The monoisotopic (exact) mass is 305 g/mol. The number of halogens is 1. The average molecular weight is 305 g/mol. The summed E-state index contributed by atoms with van der Waals surface area (Å²) in [5, 5.41) is 3.33. The Labute approximate surface area is 98.9 Å². The molecule has 0 fully saturated rings. The molecule has 1 aromatic heterocycles. The molecule has 0 aromatic carbocycles. The van der Waals surface area contributed by atoms with Gasteiger partial charge in [-0.25, -0.2) is 9.97 Å². The van der Waals surface area contributed by atoms with Gasteiger partial charge in [0.05, 0.1) is 0 Å². The van der Waals surface area contributed by atoms with E-state index in [-0.39, 0.29) is 0 Å². The maximum atomic E-state index is 4.22. The van der Waals surface area contributed by atoms with E-state index < -0.39 is 0 Å². The number of hydrogen-bond acceptors (Lipinski definition) is 3. The van der Waals surface area contributed by atoms with Crippen LogP contribution in [0.1, 0.15) is 33.1 Å². The van der Waals surface area contributed by atoms with Gasteiger partial charge in [-0.3, -0.25) is 0 Å². The van der Waals surface area contributed by atoms with Gasteiger partial charge in [0, 0.05) is 22.0 Å². The molecule has 1 heterocycles. The largest absolute Gasteiger partial charge is 0.352 e. The Kier molecular flexibility index (Phi) is 5.14. The van der Waals surface area contributed by atoms with E-state index in [0.717, 1.165) is 15.9 Å². The van der Waals surface area contributed by atoms with Crippen LogP contribution in [0.3, 0.4) is 0 Å². The molecule has 0 spiro atoms. The van der Waals surface area contributed by atoms with E-state index in [4.69, 9.17) is 0 Å². The summed E-state index contributed by atoms with van der Waals surface area (Å²) >= 11 is 2.20. The number of anilines is 1. The van der Waals surface area contributed by atoms with Crippen LogP contribution >= 0.6 is 22.6 Å². The summed E-state index contributed by atoms with van der Waals surface area (Å²) in [4.78, 5) is 8.44. The van der Waals surface area contributed by atoms with E-state index in [1.54, 1.807) is 0 Å². The van der Waals surface area contributed by atoms with Gasteiger partial charge in [-0.05, 0) is 35.4 Å². The molecule has 14 heavy (non-hydrogen) atoms. The first kappa shape index (κ1) is 11.7. The van der Waals surface area contributed by atoms with E-state index in [0.29, 0.717) is 6.04 Å². The topological polar surface area (TPSA) is 37.8 Å². The smallest absolute Gasteiger partial charge is 0.222 e. The number of rotatable bonds is 5. The van der Waals surface area contributed by atoms with Crippen molar-refractivity contribution in [1.82, 2.24) is 9.97 Å². The molecule has 1 atom stereocenters. The highest BCUT2D eigenvalue weighted by atomic mass is 127. The van der Waals surface area contributed by atoms with Gasteiger partial charge < -0.3 is 5.32 Å². The summed E-state index contributed by atoms with van der Waals surface area (Å²) in [6.45, 7) is 4.37. The normalized spacial score (nSPS) is 12.5. The molecular weight excluding hydrogens is 289 g/mol. The quantitative estimate of drug-likeness (QED) is 0.850. The lowest BCUT2D eigenvalue weighted by Gasteiger charge is -2.15. The predicted molar refractivity (Wildman–Crippen MR) is 67.4 cm³/mol. The van der Waals surface area contributed by atoms with Crippen LogP contribution in [-0.2, 0) is 0 Å². The summed E-state index contributed by atoms with van der Waals surface area (Å²) < 4.78 is 1.07. The van der Waals surface area contributed by atoms with Gasteiger partial charge in [-0.1, -0.05) is 20.3 Å². The Morgan fingerprint density at radius 3 is 2.50 bits per heavy atom. The molecule has 0 bridgehead atoms. The van der Waals surface area contributed by atoms with Crippen LogP contribution in [-0.4, -0.2) is 16.0 Å². The van der Waals surface area contributed by atoms with Crippen LogP contribution in [0.2, 0.25) is 0 Å². The highest BCUT2D eigenvalue weighted by Crippen LogP contribution is 2.09. The summed E-state index contributed by atoms with van der Waals surface area (Å²) in [6.07, 6.45) is 7.13. The fraction of sp³-hybridized carbons (Fsp3) is 0.600. The van der Waals surface area contributed by atoms with Crippen LogP contribution in [0, 0.1) is 3.57 Å². The second-order valence-corrected chi connectivity index (χ2v) is 4.51. The van der Waals surface area contributed by atoms with Gasteiger partial charge >= 0.3 is 0 Å². The van der Waals surface area contributed by atoms with Gasteiger partial charge in [-0.2, -0.15) is 0 Å². The van der Waals surface area contributed by atoms with Crippen molar-refractivity contribution in [3.05, 3.63) is 16.0 Å². The number of aromatic nitrogens is 2. The van der Waals surface area contributed by atoms with Crippen LogP contribution in [0.15, 0.2) is 12.4 Å². The van der Waals surface area contributed by atoms with Crippen LogP contribution in [0.25, 0.3) is 0 Å². The molecule has 0 aliphatic carbocycles. The second-order valence-electron chi connectivity index (χ2n) is 3.26. The van der Waals surface area contributed by atoms with Gasteiger partial charge in [0.1, 0.15) is 0 Å². The van der Waals surface area contributed by atoms with Crippen molar-refractivity contribution in [1.29, 1.82) is 0 Å². The van der Waals surface area contributed by atoms with E-state index in [9.17, 15) is 0 Å². The van der Waals surface area contributed by atoms with Gasteiger partial charge in [0.25, 0.3) is 0 Å². The molecule has 1 N–H and O–H groups in total. The molecule has 78 valence electrons. The molecule has 0 radical (unpaired) electrons. The lowest BCUT2D eigenvalue weighted by Crippen LogP contribution is -2.19. The fourth-order valence-electron chi connectivity index (χ4n) is 1.30. The van der Waals surface area contributed by atoms with Crippen molar-refractivity contribution in [2.45, 2.75) is 39.2 Å². The summed E-state index contributed by atoms with van der Waals surface area (Å²) in [5.74, 6) is 0.741. The van der Waals surface area contributed by atoms with Crippen molar-refractivity contribution in [3.63, 3.8) is 0 Å². The molecule has 0 amide bonds. The molecule has 3 nitrogen and oxygen atoms in total. The maximum Gasteiger partial charge on any atom is 0.222 e. The SMILES string of the molecule is CCCC(CC)Nc1ncc(I)cn1. The standard InChI is InChI=1S/C10H16IN3/c1-3-5-9(4-2)14-10-12-6-8(11)7-13-10/h6-7,9H,3-5H2,1-2H3,(H,12,13,14). The van der Waals surface area contributed by atoms with Crippen LogP contribution in [0.4, 0.5) is 5.95 Å². The Hall–Kier alpha value is -0.390. The Balaban J connectivity index is 2.53. The lowest BCUT2D eigenvalue weighted by atomic mass is 10.1. The third-order valence-corrected chi connectivity index (χ3v) is 2.64. The molecule has 0 saturated heterocycles.